The number of carbonyl (C=O) groups is 2. The number of esters is 1. The molecule has 7 heteroatoms. The summed E-state index contributed by atoms with van der Waals surface area (Å²) in [5.74, 6) is -0.406. The number of carboxylic acid groups (broad SMARTS) is 1. The summed E-state index contributed by atoms with van der Waals surface area (Å²) in [6.45, 7) is 2.63. The molecule has 0 unspecified atom stereocenters. The smallest absolute Gasteiger partial charge is 0.407 e. The fourth-order valence-electron chi connectivity index (χ4n) is 3.75. The highest BCUT2D eigenvalue weighted by Crippen LogP contribution is 2.22. The minimum absolute atomic E-state index is 0.188. The molecule has 2 aromatic rings. The van der Waals surface area contributed by atoms with Crippen molar-refractivity contribution in [1.82, 2.24) is 9.80 Å². The summed E-state index contributed by atoms with van der Waals surface area (Å²) in [5, 5.41) is 10.4. The Kier molecular flexibility index (Phi) is 6.77. The average Bonchev–Trinajstić information content (AvgIpc) is 2.70. The van der Waals surface area contributed by atoms with E-state index in [1.165, 1.54) is 4.90 Å². The maximum atomic E-state index is 12.4. The SMILES string of the molecule is C[C@@H](OC(=O)c1ccccc1)[C@H]1CN(C(=O)O)[C@@H](Cc2ccc(Cl)cc2)CN1C. The molecule has 1 fully saturated rings. The predicted octanol–water partition coefficient (Wildman–Crippen LogP) is 3.79. The topological polar surface area (TPSA) is 70.1 Å². The molecule has 0 radical (unpaired) electrons. The van der Waals surface area contributed by atoms with Crippen molar-refractivity contribution in [3.05, 3.63) is 70.7 Å². The van der Waals surface area contributed by atoms with Gasteiger partial charge in [0.2, 0.25) is 0 Å². The van der Waals surface area contributed by atoms with Crippen LogP contribution >= 0.6 is 11.6 Å². The lowest BCUT2D eigenvalue weighted by Gasteiger charge is -2.45. The first-order valence-corrected chi connectivity index (χ1v) is 9.93. The molecule has 0 aliphatic carbocycles. The molecule has 1 N–H and O–H groups in total. The number of nitrogens with zero attached hydrogens (tertiary/aromatic N) is 2. The van der Waals surface area contributed by atoms with Crippen LogP contribution in [0.15, 0.2) is 54.6 Å². The Balaban J connectivity index is 1.68. The van der Waals surface area contributed by atoms with Gasteiger partial charge in [0.15, 0.2) is 0 Å². The van der Waals surface area contributed by atoms with E-state index < -0.39 is 18.2 Å². The molecule has 0 spiro atoms. The number of rotatable bonds is 5. The third kappa shape index (κ3) is 5.28. The maximum Gasteiger partial charge on any atom is 0.407 e. The normalized spacial score (nSPS) is 20.9. The van der Waals surface area contributed by atoms with Crippen LogP contribution in [0.1, 0.15) is 22.8 Å². The zero-order chi connectivity index (χ0) is 21.0. The molecular formula is C22H25ClN2O4. The predicted molar refractivity (Wildman–Crippen MR) is 111 cm³/mol. The lowest BCUT2D eigenvalue weighted by atomic mass is 9.98. The van der Waals surface area contributed by atoms with Crippen molar-refractivity contribution in [3.63, 3.8) is 0 Å². The lowest BCUT2D eigenvalue weighted by molar-refractivity contribution is -0.0249. The quantitative estimate of drug-likeness (QED) is 0.751. The summed E-state index contributed by atoms with van der Waals surface area (Å²) >= 11 is 5.94. The number of halogens is 1. The van der Waals surface area contributed by atoms with Gasteiger partial charge in [-0.05, 0) is 50.2 Å². The molecular weight excluding hydrogens is 392 g/mol. The summed E-state index contributed by atoms with van der Waals surface area (Å²) in [6, 6.07) is 15.8. The number of benzene rings is 2. The van der Waals surface area contributed by atoms with E-state index in [1.54, 1.807) is 24.3 Å². The number of ether oxygens (including phenoxy) is 1. The summed E-state index contributed by atoms with van der Waals surface area (Å²) in [4.78, 5) is 27.8. The van der Waals surface area contributed by atoms with E-state index in [0.717, 1.165) is 5.56 Å². The summed E-state index contributed by atoms with van der Waals surface area (Å²) in [5.41, 5.74) is 1.51. The first-order valence-electron chi connectivity index (χ1n) is 9.55. The molecule has 1 amide bonds. The monoisotopic (exact) mass is 416 g/mol. The number of carbonyl (C=O) groups excluding carboxylic acids is 1. The Morgan fingerprint density at radius 2 is 1.79 bits per heavy atom. The summed E-state index contributed by atoms with van der Waals surface area (Å²) in [6.07, 6.45) is -0.826. The van der Waals surface area contributed by atoms with E-state index in [-0.39, 0.29) is 18.6 Å². The number of hydrogen-bond acceptors (Lipinski definition) is 4. The van der Waals surface area contributed by atoms with Crippen molar-refractivity contribution in [3.8, 4) is 0 Å². The van der Waals surface area contributed by atoms with Crippen LogP contribution in [-0.4, -0.2) is 65.3 Å². The third-order valence-corrected chi connectivity index (χ3v) is 5.62. The Bertz CT molecular complexity index is 844. The molecule has 3 rings (SSSR count). The van der Waals surface area contributed by atoms with Crippen molar-refractivity contribution in [2.45, 2.75) is 31.5 Å². The van der Waals surface area contributed by atoms with Crippen LogP contribution < -0.4 is 0 Å². The fraction of sp³-hybridized carbons (Fsp3) is 0.364. The third-order valence-electron chi connectivity index (χ3n) is 5.36. The standard InChI is InChI=1S/C22H25ClN2O4/c1-15(29-21(26)17-6-4-3-5-7-17)20-14-25(22(27)28)19(13-24(20)2)12-16-8-10-18(23)11-9-16/h3-11,15,19-20H,12-14H2,1-2H3,(H,27,28)/t15-,19+,20-/m1/s1. The zero-order valence-corrected chi connectivity index (χ0v) is 17.2. The molecule has 0 bridgehead atoms. The molecule has 0 aromatic heterocycles. The highest BCUT2D eigenvalue weighted by atomic mass is 35.5. The molecule has 2 aromatic carbocycles. The molecule has 29 heavy (non-hydrogen) atoms. The van der Waals surface area contributed by atoms with Crippen LogP contribution in [0.3, 0.4) is 0 Å². The molecule has 0 saturated carbocycles. The van der Waals surface area contributed by atoms with Crippen LogP contribution in [0.4, 0.5) is 4.79 Å². The number of amides is 1. The van der Waals surface area contributed by atoms with Gasteiger partial charge in [0.25, 0.3) is 0 Å². The van der Waals surface area contributed by atoms with Crippen molar-refractivity contribution in [2.75, 3.05) is 20.1 Å². The van der Waals surface area contributed by atoms with Gasteiger partial charge in [-0.1, -0.05) is 41.9 Å². The molecule has 1 aliphatic rings. The van der Waals surface area contributed by atoms with Gasteiger partial charge in [-0.25, -0.2) is 9.59 Å². The van der Waals surface area contributed by atoms with Crippen LogP contribution in [0.25, 0.3) is 0 Å². The minimum Gasteiger partial charge on any atom is -0.465 e. The van der Waals surface area contributed by atoms with Crippen molar-refractivity contribution < 1.29 is 19.4 Å². The van der Waals surface area contributed by atoms with Gasteiger partial charge in [0.1, 0.15) is 6.10 Å². The maximum absolute atomic E-state index is 12.4. The lowest BCUT2D eigenvalue weighted by Crippen LogP contribution is -2.62. The summed E-state index contributed by atoms with van der Waals surface area (Å²) < 4.78 is 5.63. The summed E-state index contributed by atoms with van der Waals surface area (Å²) in [7, 11) is 1.94. The van der Waals surface area contributed by atoms with E-state index in [0.29, 0.717) is 23.6 Å². The molecule has 6 nitrogen and oxygen atoms in total. The molecule has 3 atom stereocenters. The van der Waals surface area contributed by atoms with Gasteiger partial charge in [-0.15, -0.1) is 0 Å². The number of piperazine rings is 1. The van der Waals surface area contributed by atoms with Gasteiger partial charge >= 0.3 is 12.1 Å². The van der Waals surface area contributed by atoms with Crippen LogP contribution in [0, 0.1) is 0 Å². The minimum atomic E-state index is -0.969. The second-order valence-corrected chi connectivity index (χ2v) is 7.84. The van der Waals surface area contributed by atoms with Gasteiger partial charge in [-0.3, -0.25) is 4.90 Å². The first kappa shape index (κ1) is 21.1. The molecule has 154 valence electrons. The second-order valence-electron chi connectivity index (χ2n) is 7.40. The highest BCUT2D eigenvalue weighted by Gasteiger charge is 2.38. The number of hydrogen-bond donors (Lipinski definition) is 1. The van der Waals surface area contributed by atoms with Crippen LogP contribution in [-0.2, 0) is 11.2 Å². The van der Waals surface area contributed by atoms with E-state index in [1.807, 2.05) is 44.3 Å². The molecule has 1 saturated heterocycles. The van der Waals surface area contributed by atoms with Crippen molar-refractivity contribution in [1.29, 1.82) is 0 Å². The van der Waals surface area contributed by atoms with E-state index in [9.17, 15) is 14.7 Å². The Morgan fingerprint density at radius 3 is 2.41 bits per heavy atom. The van der Waals surface area contributed by atoms with Crippen LogP contribution in [0.2, 0.25) is 5.02 Å². The molecule has 1 aliphatic heterocycles. The van der Waals surface area contributed by atoms with Gasteiger partial charge in [-0.2, -0.15) is 0 Å². The number of likely N-dealkylation sites (N-methyl/N-ethyl adjacent to an activating group) is 1. The average molecular weight is 417 g/mol. The van der Waals surface area contributed by atoms with Crippen molar-refractivity contribution >= 4 is 23.7 Å². The molecule has 1 heterocycles. The van der Waals surface area contributed by atoms with E-state index in [4.69, 9.17) is 16.3 Å². The van der Waals surface area contributed by atoms with Crippen LogP contribution in [0.5, 0.6) is 0 Å². The van der Waals surface area contributed by atoms with Gasteiger partial charge in [0, 0.05) is 18.1 Å². The fourth-order valence-corrected chi connectivity index (χ4v) is 3.88. The van der Waals surface area contributed by atoms with Gasteiger partial charge < -0.3 is 14.7 Å². The van der Waals surface area contributed by atoms with E-state index in [2.05, 4.69) is 4.90 Å². The first-order chi connectivity index (χ1) is 13.8. The van der Waals surface area contributed by atoms with E-state index >= 15 is 0 Å². The Labute approximate surface area is 175 Å². The zero-order valence-electron chi connectivity index (χ0n) is 16.5. The second kappa shape index (κ2) is 9.29. The highest BCUT2D eigenvalue weighted by molar-refractivity contribution is 6.30. The Hall–Kier alpha value is -2.57. The van der Waals surface area contributed by atoms with Crippen molar-refractivity contribution in [2.24, 2.45) is 0 Å². The van der Waals surface area contributed by atoms with Gasteiger partial charge in [0.05, 0.1) is 17.6 Å². The Morgan fingerprint density at radius 1 is 1.14 bits per heavy atom. The largest absolute Gasteiger partial charge is 0.465 e.